The molecule has 1 atom stereocenters. The maximum absolute atomic E-state index is 12.1. The molecule has 0 radical (unpaired) electrons. The molecule has 3 rings (SSSR count). The summed E-state index contributed by atoms with van der Waals surface area (Å²) in [4.78, 5) is 12.1. The molecule has 1 heterocycles. The van der Waals surface area contributed by atoms with E-state index in [-0.39, 0.29) is 11.2 Å². The number of rotatable bonds is 4. The van der Waals surface area contributed by atoms with Crippen LogP contribution in [0.3, 0.4) is 0 Å². The second-order valence-electron chi connectivity index (χ2n) is 5.46. The Morgan fingerprint density at radius 3 is 2.71 bits per heavy atom. The van der Waals surface area contributed by atoms with Gasteiger partial charge in [0.25, 0.3) is 0 Å². The highest BCUT2D eigenvalue weighted by Crippen LogP contribution is 2.23. The van der Waals surface area contributed by atoms with Crippen LogP contribution in [0.1, 0.15) is 16.7 Å². The van der Waals surface area contributed by atoms with E-state index in [2.05, 4.69) is 27.7 Å². The molecule has 2 aromatic rings. The SMILES string of the molecule is Cc1ccc(C[C@@H]2S/C(=N\N=C/c3ccccc3Cl)NC2=O)cc1. The minimum absolute atomic E-state index is 0.0349. The smallest absolute Gasteiger partial charge is 0.239 e. The molecule has 1 aliphatic rings. The molecule has 0 unspecified atom stereocenters. The molecule has 1 amide bonds. The summed E-state index contributed by atoms with van der Waals surface area (Å²) in [5.41, 5.74) is 3.13. The zero-order valence-electron chi connectivity index (χ0n) is 13.1. The number of hydrogen-bond donors (Lipinski definition) is 1. The summed E-state index contributed by atoms with van der Waals surface area (Å²) in [6.07, 6.45) is 2.25. The molecule has 4 nitrogen and oxygen atoms in total. The van der Waals surface area contributed by atoms with Crippen LogP contribution in [0.5, 0.6) is 0 Å². The first-order valence-electron chi connectivity index (χ1n) is 7.50. The van der Waals surface area contributed by atoms with E-state index in [1.54, 1.807) is 12.3 Å². The van der Waals surface area contributed by atoms with Crippen LogP contribution in [0.2, 0.25) is 5.02 Å². The number of amidine groups is 1. The summed E-state index contributed by atoms with van der Waals surface area (Å²) in [6.45, 7) is 2.04. The Balaban J connectivity index is 1.63. The van der Waals surface area contributed by atoms with E-state index in [1.807, 2.05) is 37.3 Å². The molecule has 24 heavy (non-hydrogen) atoms. The van der Waals surface area contributed by atoms with Crippen molar-refractivity contribution in [2.75, 3.05) is 0 Å². The Kier molecular flexibility index (Phi) is 5.33. The van der Waals surface area contributed by atoms with E-state index < -0.39 is 0 Å². The maximum Gasteiger partial charge on any atom is 0.239 e. The van der Waals surface area contributed by atoms with Gasteiger partial charge in [-0.2, -0.15) is 5.10 Å². The average Bonchev–Trinajstić information content (AvgIpc) is 2.91. The monoisotopic (exact) mass is 357 g/mol. The highest BCUT2D eigenvalue weighted by molar-refractivity contribution is 8.15. The van der Waals surface area contributed by atoms with Crippen LogP contribution in [0, 0.1) is 6.92 Å². The predicted octanol–water partition coefficient (Wildman–Crippen LogP) is 3.81. The van der Waals surface area contributed by atoms with Crippen molar-refractivity contribution in [3.05, 3.63) is 70.2 Å². The van der Waals surface area contributed by atoms with Crippen LogP contribution in [0.25, 0.3) is 0 Å². The fourth-order valence-electron chi connectivity index (χ4n) is 2.25. The Labute approximate surface area is 150 Å². The minimum Gasteiger partial charge on any atom is -0.303 e. The van der Waals surface area contributed by atoms with Crippen LogP contribution in [-0.4, -0.2) is 22.5 Å². The van der Waals surface area contributed by atoms with Crippen molar-refractivity contribution in [2.45, 2.75) is 18.6 Å². The summed E-state index contributed by atoms with van der Waals surface area (Å²) in [5.74, 6) is -0.0349. The third kappa shape index (κ3) is 4.24. The molecule has 6 heteroatoms. The molecule has 1 aliphatic heterocycles. The van der Waals surface area contributed by atoms with Crippen molar-refractivity contribution < 1.29 is 4.79 Å². The van der Waals surface area contributed by atoms with E-state index >= 15 is 0 Å². The van der Waals surface area contributed by atoms with Crippen LogP contribution < -0.4 is 5.32 Å². The van der Waals surface area contributed by atoms with Crippen molar-refractivity contribution in [3.8, 4) is 0 Å². The van der Waals surface area contributed by atoms with Gasteiger partial charge < -0.3 is 5.32 Å². The summed E-state index contributed by atoms with van der Waals surface area (Å²) in [7, 11) is 0. The van der Waals surface area contributed by atoms with E-state index in [0.717, 1.165) is 11.1 Å². The number of carbonyl (C=O) groups is 1. The molecule has 0 spiro atoms. The van der Waals surface area contributed by atoms with Gasteiger partial charge in [0.15, 0.2) is 5.17 Å². The zero-order chi connectivity index (χ0) is 16.9. The molecule has 0 bridgehead atoms. The van der Waals surface area contributed by atoms with E-state index in [9.17, 15) is 4.79 Å². The predicted molar refractivity (Wildman–Crippen MR) is 101 cm³/mol. The molecular weight excluding hydrogens is 342 g/mol. The van der Waals surface area contributed by atoms with Gasteiger partial charge in [0, 0.05) is 10.6 Å². The largest absolute Gasteiger partial charge is 0.303 e. The molecule has 1 N–H and O–H groups in total. The van der Waals surface area contributed by atoms with E-state index in [0.29, 0.717) is 16.6 Å². The number of halogens is 1. The highest BCUT2D eigenvalue weighted by atomic mass is 35.5. The first-order valence-corrected chi connectivity index (χ1v) is 8.76. The van der Waals surface area contributed by atoms with Gasteiger partial charge in [0.1, 0.15) is 0 Å². The lowest BCUT2D eigenvalue weighted by atomic mass is 10.1. The van der Waals surface area contributed by atoms with Gasteiger partial charge in [0.05, 0.1) is 11.5 Å². The molecule has 0 saturated carbocycles. The lowest BCUT2D eigenvalue weighted by molar-refractivity contribution is -0.118. The fourth-order valence-corrected chi connectivity index (χ4v) is 3.40. The van der Waals surface area contributed by atoms with Crippen molar-refractivity contribution in [2.24, 2.45) is 10.2 Å². The Hall–Kier alpha value is -2.11. The molecule has 0 aromatic heterocycles. The number of benzene rings is 2. The molecular formula is C18H16ClN3OS. The minimum atomic E-state index is -0.179. The highest BCUT2D eigenvalue weighted by Gasteiger charge is 2.30. The van der Waals surface area contributed by atoms with E-state index in [1.165, 1.54) is 17.3 Å². The second kappa shape index (κ2) is 7.64. The Bertz CT molecular complexity index is 802. The summed E-state index contributed by atoms with van der Waals surface area (Å²) >= 11 is 7.45. The standard InChI is InChI=1S/C18H16ClN3OS/c1-12-6-8-13(9-7-12)10-16-17(23)21-18(24-16)22-20-11-14-4-2-3-5-15(14)19/h2-9,11,16H,10H2,1H3,(H,21,22,23)/b20-11-/t16-/m0/s1. The molecule has 2 aromatic carbocycles. The van der Waals surface area contributed by atoms with Gasteiger partial charge >= 0.3 is 0 Å². The van der Waals surface area contributed by atoms with Crippen LogP contribution >= 0.6 is 23.4 Å². The van der Waals surface area contributed by atoms with Crippen molar-refractivity contribution in [3.63, 3.8) is 0 Å². The third-order valence-electron chi connectivity index (χ3n) is 3.57. The zero-order valence-corrected chi connectivity index (χ0v) is 14.6. The normalized spacial score (nSPS) is 19.2. The number of nitrogens with one attached hydrogen (secondary N) is 1. The number of hydrogen-bond acceptors (Lipinski definition) is 4. The molecule has 122 valence electrons. The Morgan fingerprint density at radius 2 is 1.96 bits per heavy atom. The van der Waals surface area contributed by atoms with Crippen molar-refractivity contribution >= 4 is 40.7 Å². The molecule has 1 fully saturated rings. The summed E-state index contributed by atoms with van der Waals surface area (Å²) in [5, 5.41) is 11.8. The van der Waals surface area contributed by atoms with Crippen molar-refractivity contribution in [1.29, 1.82) is 0 Å². The fraction of sp³-hybridized carbons (Fsp3) is 0.167. The van der Waals surface area contributed by atoms with Gasteiger partial charge in [0.2, 0.25) is 5.91 Å². The van der Waals surface area contributed by atoms with Crippen LogP contribution in [0.4, 0.5) is 0 Å². The second-order valence-corrected chi connectivity index (χ2v) is 7.06. The number of amides is 1. The third-order valence-corrected chi connectivity index (χ3v) is 4.99. The summed E-state index contributed by atoms with van der Waals surface area (Å²) < 4.78 is 0. The van der Waals surface area contributed by atoms with Gasteiger partial charge in [-0.1, -0.05) is 71.4 Å². The van der Waals surface area contributed by atoms with Gasteiger partial charge in [-0.15, -0.1) is 5.10 Å². The maximum atomic E-state index is 12.1. The summed E-state index contributed by atoms with van der Waals surface area (Å²) in [6, 6.07) is 15.6. The molecule has 1 saturated heterocycles. The van der Waals surface area contributed by atoms with Crippen LogP contribution in [-0.2, 0) is 11.2 Å². The van der Waals surface area contributed by atoms with E-state index in [4.69, 9.17) is 11.6 Å². The molecule has 0 aliphatic carbocycles. The van der Waals surface area contributed by atoms with Crippen molar-refractivity contribution in [1.82, 2.24) is 5.32 Å². The number of thioether (sulfide) groups is 1. The van der Waals surface area contributed by atoms with Crippen LogP contribution in [0.15, 0.2) is 58.7 Å². The number of carbonyl (C=O) groups excluding carboxylic acids is 1. The Morgan fingerprint density at radius 1 is 1.21 bits per heavy atom. The topological polar surface area (TPSA) is 53.8 Å². The average molecular weight is 358 g/mol. The lowest BCUT2D eigenvalue weighted by Crippen LogP contribution is -2.25. The van der Waals surface area contributed by atoms with Gasteiger partial charge in [-0.25, -0.2) is 0 Å². The first kappa shape index (κ1) is 16.7. The number of aryl methyl sites for hydroxylation is 1. The first-order chi connectivity index (χ1) is 11.6. The van der Waals surface area contributed by atoms with Gasteiger partial charge in [-0.3, -0.25) is 4.79 Å². The quantitative estimate of drug-likeness (QED) is 0.668. The number of nitrogens with zero attached hydrogens (tertiary/aromatic N) is 2. The lowest BCUT2D eigenvalue weighted by Gasteiger charge is -2.05. The van der Waals surface area contributed by atoms with Gasteiger partial charge in [-0.05, 0) is 25.0 Å².